The third-order valence-electron chi connectivity index (χ3n) is 3.14. The van der Waals surface area contributed by atoms with E-state index in [1.165, 1.54) is 16.6 Å². The second kappa shape index (κ2) is 4.26. The molecule has 2 aromatic rings. The summed E-state index contributed by atoms with van der Waals surface area (Å²) < 4.78 is 2.26. The Morgan fingerprint density at radius 3 is 2.56 bits per heavy atom. The maximum Gasteiger partial charge on any atom is 0.106 e. The molecule has 3 heteroatoms. The largest absolute Gasteiger partial charge is 0.330 e. The molecule has 0 saturated heterocycles. The average Bonchev–Trinajstić information content (AvgIpc) is 2.52. The number of imidazole rings is 1. The van der Waals surface area contributed by atoms with Crippen molar-refractivity contribution in [3.63, 3.8) is 0 Å². The van der Waals surface area contributed by atoms with E-state index in [0.29, 0.717) is 0 Å². The van der Waals surface area contributed by atoms with Crippen molar-refractivity contribution in [2.24, 2.45) is 5.73 Å². The highest BCUT2D eigenvalue weighted by atomic mass is 15.1. The quantitative estimate of drug-likeness (QED) is 0.857. The number of aryl methyl sites for hydroxylation is 4. The van der Waals surface area contributed by atoms with Gasteiger partial charge < -0.3 is 10.3 Å². The van der Waals surface area contributed by atoms with Crippen LogP contribution in [-0.2, 0) is 6.54 Å². The van der Waals surface area contributed by atoms with Gasteiger partial charge in [-0.1, -0.05) is 0 Å². The molecular formula is C13H19N3. The molecule has 3 nitrogen and oxygen atoms in total. The summed E-state index contributed by atoms with van der Waals surface area (Å²) in [7, 11) is 0. The van der Waals surface area contributed by atoms with Crippen LogP contribution in [0.4, 0.5) is 0 Å². The van der Waals surface area contributed by atoms with Crippen molar-refractivity contribution < 1.29 is 0 Å². The van der Waals surface area contributed by atoms with Crippen molar-refractivity contribution in [2.75, 3.05) is 6.54 Å². The van der Waals surface area contributed by atoms with Crippen molar-refractivity contribution in [1.82, 2.24) is 9.55 Å². The fourth-order valence-electron chi connectivity index (χ4n) is 2.03. The number of nitrogens with two attached hydrogens (primary N) is 1. The number of fused-ring (bicyclic) bond motifs is 1. The molecule has 0 amide bonds. The standard InChI is InChI=1S/C13H19N3/c1-9-7-12-13(8-10(9)2)16(6-4-5-14)11(3)15-12/h7-8H,4-6,14H2,1-3H3. The minimum absolute atomic E-state index is 0.726. The van der Waals surface area contributed by atoms with Crippen molar-refractivity contribution in [3.05, 3.63) is 29.1 Å². The van der Waals surface area contributed by atoms with Gasteiger partial charge in [0, 0.05) is 6.54 Å². The van der Waals surface area contributed by atoms with Crippen molar-refractivity contribution in [1.29, 1.82) is 0 Å². The molecule has 1 aromatic heterocycles. The molecule has 16 heavy (non-hydrogen) atoms. The van der Waals surface area contributed by atoms with Gasteiger partial charge in [0.15, 0.2) is 0 Å². The molecule has 0 saturated carbocycles. The van der Waals surface area contributed by atoms with Crippen LogP contribution in [0.1, 0.15) is 23.4 Å². The van der Waals surface area contributed by atoms with E-state index in [9.17, 15) is 0 Å². The van der Waals surface area contributed by atoms with Crippen LogP contribution < -0.4 is 5.73 Å². The molecule has 1 aromatic carbocycles. The van der Waals surface area contributed by atoms with E-state index in [-0.39, 0.29) is 0 Å². The molecule has 0 aliphatic heterocycles. The lowest BCUT2D eigenvalue weighted by molar-refractivity contribution is 0.649. The van der Waals surface area contributed by atoms with Crippen LogP contribution in [0.25, 0.3) is 11.0 Å². The van der Waals surface area contributed by atoms with Gasteiger partial charge in [-0.3, -0.25) is 0 Å². The minimum Gasteiger partial charge on any atom is -0.330 e. The van der Waals surface area contributed by atoms with Crippen molar-refractivity contribution in [3.8, 4) is 0 Å². The van der Waals surface area contributed by atoms with Gasteiger partial charge in [0.1, 0.15) is 5.82 Å². The lowest BCUT2D eigenvalue weighted by Crippen LogP contribution is -2.07. The summed E-state index contributed by atoms with van der Waals surface area (Å²) in [5, 5.41) is 0. The normalized spacial score (nSPS) is 11.2. The first-order valence-electron chi connectivity index (χ1n) is 5.77. The zero-order valence-electron chi connectivity index (χ0n) is 10.2. The molecule has 2 rings (SSSR count). The predicted molar refractivity (Wildman–Crippen MR) is 67.6 cm³/mol. The molecule has 0 aliphatic carbocycles. The summed E-state index contributed by atoms with van der Waals surface area (Å²) in [6.07, 6.45) is 0.999. The van der Waals surface area contributed by atoms with Crippen LogP contribution in [-0.4, -0.2) is 16.1 Å². The maximum atomic E-state index is 5.56. The van der Waals surface area contributed by atoms with Crippen LogP contribution in [0.5, 0.6) is 0 Å². The zero-order valence-corrected chi connectivity index (χ0v) is 10.2. The average molecular weight is 217 g/mol. The minimum atomic E-state index is 0.726. The van der Waals surface area contributed by atoms with Crippen LogP contribution >= 0.6 is 0 Å². The summed E-state index contributed by atoms with van der Waals surface area (Å²) in [4.78, 5) is 4.59. The van der Waals surface area contributed by atoms with Gasteiger partial charge in [-0.05, 0) is 57.0 Å². The van der Waals surface area contributed by atoms with Gasteiger partial charge in [-0.2, -0.15) is 0 Å². The first kappa shape index (κ1) is 11.1. The van der Waals surface area contributed by atoms with Crippen LogP contribution in [0.2, 0.25) is 0 Å². The highest BCUT2D eigenvalue weighted by Crippen LogP contribution is 2.20. The molecule has 0 unspecified atom stereocenters. The Morgan fingerprint density at radius 1 is 1.19 bits per heavy atom. The van der Waals surface area contributed by atoms with E-state index in [1.807, 2.05) is 0 Å². The Morgan fingerprint density at radius 2 is 1.88 bits per heavy atom. The lowest BCUT2D eigenvalue weighted by atomic mass is 10.1. The van der Waals surface area contributed by atoms with E-state index >= 15 is 0 Å². The zero-order chi connectivity index (χ0) is 11.7. The first-order chi connectivity index (χ1) is 7.63. The molecule has 0 aliphatic rings. The molecule has 1 heterocycles. The highest BCUT2D eigenvalue weighted by Gasteiger charge is 2.08. The Kier molecular flexibility index (Phi) is 2.97. The van der Waals surface area contributed by atoms with E-state index in [1.54, 1.807) is 0 Å². The van der Waals surface area contributed by atoms with Gasteiger partial charge in [0.2, 0.25) is 0 Å². The number of rotatable bonds is 3. The lowest BCUT2D eigenvalue weighted by Gasteiger charge is -2.06. The van der Waals surface area contributed by atoms with Crippen LogP contribution in [0, 0.1) is 20.8 Å². The van der Waals surface area contributed by atoms with Gasteiger partial charge >= 0.3 is 0 Å². The Bertz CT molecular complexity index is 511. The summed E-state index contributed by atoms with van der Waals surface area (Å²) >= 11 is 0. The molecular weight excluding hydrogens is 198 g/mol. The van der Waals surface area contributed by atoms with Crippen molar-refractivity contribution in [2.45, 2.75) is 33.7 Å². The molecule has 0 atom stereocenters. The van der Waals surface area contributed by atoms with E-state index in [0.717, 1.165) is 30.9 Å². The fourth-order valence-corrected chi connectivity index (χ4v) is 2.03. The first-order valence-corrected chi connectivity index (χ1v) is 5.77. The molecule has 0 bridgehead atoms. The summed E-state index contributed by atoms with van der Waals surface area (Å²) in [6, 6.07) is 4.39. The topological polar surface area (TPSA) is 43.8 Å². The second-order valence-corrected chi connectivity index (χ2v) is 4.38. The fraction of sp³-hybridized carbons (Fsp3) is 0.462. The second-order valence-electron chi connectivity index (χ2n) is 4.38. The predicted octanol–water partition coefficient (Wildman–Crippen LogP) is 2.31. The monoisotopic (exact) mass is 217 g/mol. The number of hydrogen-bond acceptors (Lipinski definition) is 2. The third-order valence-corrected chi connectivity index (χ3v) is 3.14. The molecule has 0 radical (unpaired) electrons. The number of hydrogen-bond donors (Lipinski definition) is 1. The molecule has 0 fully saturated rings. The Hall–Kier alpha value is -1.35. The van der Waals surface area contributed by atoms with Crippen molar-refractivity contribution >= 4 is 11.0 Å². The number of benzene rings is 1. The number of nitrogens with zero attached hydrogens (tertiary/aromatic N) is 2. The Balaban J connectivity index is 2.55. The van der Waals surface area contributed by atoms with Gasteiger partial charge in [0.25, 0.3) is 0 Å². The maximum absolute atomic E-state index is 5.56. The van der Waals surface area contributed by atoms with Gasteiger partial charge in [0.05, 0.1) is 11.0 Å². The van der Waals surface area contributed by atoms with Gasteiger partial charge in [-0.25, -0.2) is 4.98 Å². The summed E-state index contributed by atoms with van der Waals surface area (Å²) in [5.41, 5.74) is 10.5. The molecule has 86 valence electrons. The van der Waals surface area contributed by atoms with E-state index < -0.39 is 0 Å². The third kappa shape index (κ3) is 1.83. The summed E-state index contributed by atoms with van der Waals surface area (Å²) in [5.74, 6) is 1.08. The van der Waals surface area contributed by atoms with Gasteiger partial charge in [-0.15, -0.1) is 0 Å². The van der Waals surface area contributed by atoms with E-state index in [4.69, 9.17) is 5.73 Å². The highest BCUT2D eigenvalue weighted by molar-refractivity contribution is 5.78. The molecule has 2 N–H and O–H groups in total. The van der Waals surface area contributed by atoms with Crippen LogP contribution in [0.15, 0.2) is 12.1 Å². The SMILES string of the molecule is Cc1cc2nc(C)n(CCCN)c2cc1C. The van der Waals surface area contributed by atoms with Crippen LogP contribution in [0.3, 0.4) is 0 Å². The van der Waals surface area contributed by atoms with E-state index in [2.05, 4.69) is 42.5 Å². The summed E-state index contributed by atoms with van der Waals surface area (Å²) in [6.45, 7) is 8.01. The number of aromatic nitrogens is 2. The Labute approximate surface area is 96.3 Å². The molecule has 0 spiro atoms. The smallest absolute Gasteiger partial charge is 0.106 e.